The van der Waals surface area contributed by atoms with Gasteiger partial charge in [0.25, 0.3) is 0 Å². The highest BCUT2D eigenvalue weighted by atomic mass is 35.5. The fourth-order valence-corrected chi connectivity index (χ4v) is 6.36. The van der Waals surface area contributed by atoms with E-state index in [1.165, 1.54) is 34.2 Å². The zero-order valence-electron chi connectivity index (χ0n) is 17.6. The number of rotatable bonds is 6. The van der Waals surface area contributed by atoms with Gasteiger partial charge in [0.1, 0.15) is 0 Å². The highest BCUT2D eigenvalue weighted by molar-refractivity contribution is 7.99. The van der Waals surface area contributed by atoms with E-state index >= 15 is 0 Å². The molecule has 1 amide bonds. The summed E-state index contributed by atoms with van der Waals surface area (Å²) in [6.45, 7) is 6.55. The van der Waals surface area contributed by atoms with Gasteiger partial charge in [0.05, 0.1) is 16.5 Å². The molecule has 9 heteroatoms. The van der Waals surface area contributed by atoms with Crippen LogP contribution in [0.5, 0.6) is 0 Å². The summed E-state index contributed by atoms with van der Waals surface area (Å²) >= 11 is 15.3. The highest BCUT2D eigenvalue weighted by Crippen LogP contribution is 2.39. The van der Waals surface area contributed by atoms with Crippen molar-refractivity contribution in [2.24, 2.45) is 5.92 Å². The van der Waals surface area contributed by atoms with Crippen molar-refractivity contribution in [2.75, 3.05) is 11.1 Å². The number of aromatic nitrogens is 3. The second-order valence-electron chi connectivity index (χ2n) is 8.13. The Labute approximate surface area is 200 Å². The smallest absolute Gasteiger partial charge is 0.234 e. The molecule has 5 nitrogen and oxygen atoms in total. The van der Waals surface area contributed by atoms with Crippen LogP contribution in [-0.4, -0.2) is 26.4 Å². The predicted octanol–water partition coefficient (Wildman–Crippen LogP) is 6.75. The van der Waals surface area contributed by atoms with Crippen molar-refractivity contribution in [1.29, 1.82) is 0 Å². The van der Waals surface area contributed by atoms with Gasteiger partial charge in [-0.25, -0.2) is 0 Å². The van der Waals surface area contributed by atoms with Crippen molar-refractivity contribution in [1.82, 2.24) is 14.8 Å². The quantitative estimate of drug-likeness (QED) is 0.385. The molecular weight excluding hydrogens is 471 g/mol. The zero-order chi connectivity index (χ0) is 22.1. The monoisotopic (exact) mass is 494 g/mol. The van der Waals surface area contributed by atoms with E-state index in [0.29, 0.717) is 15.7 Å². The third-order valence-corrected chi connectivity index (χ3v) is 7.90. The Morgan fingerprint density at radius 1 is 1.35 bits per heavy atom. The molecule has 1 N–H and O–H groups in total. The minimum absolute atomic E-state index is 0.157. The molecule has 0 aliphatic heterocycles. The molecular formula is C22H24Cl2N4OS2. The number of hydrogen-bond acceptors (Lipinski definition) is 5. The fraction of sp³-hybridized carbons (Fsp3) is 0.409. The average molecular weight is 496 g/mol. The van der Waals surface area contributed by atoms with Crippen molar-refractivity contribution >= 4 is 57.9 Å². The molecule has 1 aliphatic carbocycles. The third-order valence-electron chi connectivity index (χ3n) is 5.36. The Hall–Kier alpha value is -1.54. The van der Waals surface area contributed by atoms with Gasteiger partial charge in [0.15, 0.2) is 11.0 Å². The molecule has 2 heterocycles. The van der Waals surface area contributed by atoms with Crippen LogP contribution in [0, 0.1) is 5.92 Å². The Balaban J connectivity index is 1.51. The topological polar surface area (TPSA) is 59.8 Å². The summed E-state index contributed by atoms with van der Waals surface area (Å²) in [6, 6.07) is 5.18. The van der Waals surface area contributed by atoms with Crippen molar-refractivity contribution < 1.29 is 4.79 Å². The van der Waals surface area contributed by atoms with Gasteiger partial charge in [-0.05, 0) is 62.8 Å². The van der Waals surface area contributed by atoms with Gasteiger partial charge in [-0.3, -0.25) is 9.36 Å². The van der Waals surface area contributed by atoms with E-state index < -0.39 is 0 Å². The van der Waals surface area contributed by atoms with Crippen molar-refractivity contribution in [3.8, 4) is 11.4 Å². The first kappa shape index (κ1) is 22.6. The Bertz CT molecular complexity index is 1110. The SMILES string of the molecule is CC1CCc2c(-c3nnc(SCC(=O)Nc4ccc(Cl)cc4Cl)n3C(C)C)csc2C1. The number of benzene rings is 1. The van der Waals surface area contributed by atoms with Crippen LogP contribution < -0.4 is 5.32 Å². The van der Waals surface area contributed by atoms with Crippen molar-refractivity contribution in [3.05, 3.63) is 44.1 Å². The summed E-state index contributed by atoms with van der Waals surface area (Å²) in [6.07, 6.45) is 3.44. The lowest BCUT2D eigenvalue weighted by Gasteiger charge is -2.19. The number of hydrogen-bond donors (Lipinski definition) is 1. The number of anilines is 1. The largest absolute Gasteiger partial charge is 0.324 e. The first-order valence-electron chi connectivity index (χ1n) is 10.3. The average Bonchev–Trinajstić information content (AvgIpc) is 3.31. The maximum Gasteiger partial charge on any atom is 0.234 e. The van der Waals surface area contributed by atoms with Gasteiger partial charge < -0.3 is 5.32 Å². The van der Waals surface area contributed by atoms with Crippen LogP contribution in [0.25, 0.3) is 11.4 Å². The van der Waals surface area contributed by atoms with Gasteiger partial charge in [-0.1, -0.05) is 41.9 Å². The van der Waals surface area contributed by atoms with Crippen LogP contribution in [-0.2, 0) is 17.6 Å². The van der Waals surface area contributed by atoms with Crippen LogP contribution in [0.3, 0.4) is 0 Å². The molecule has 0 radical (unpaired) electrons. The molecule has 1 unspecified atom stereocenters. The number of nitrogens with zero attached hydrogens (tertiary/aromatic N) is 3. The minimum atomic E-state index is -0.157. The van der Waals surface area contributed by atoms with Gasteiger partial charge >= 0.3 is 0 Å². The van der Waals surface area contributed by atoms with Crippen molar-refractivity contribution in [2.45, 2.75) is 51.2 Å². The zero-order valence-corrected chi connectivity index (χ0v) is 20.8. The summed E-state index contributed by atoms with van der Waals surface area (Å²) in [5.74, 6) is 1.69. The first-order valence-corrected chi connectivity index (χ1v) is 12.9. The second-order valence-corrected chi connectivity index (χ2v) is 10.9. The number of amides is 1. The van der Waals surface area contributed by atoms with Crippen LogP contribution >= 0.6 is 46.3 Å². The van der Waals surface area contributed by atoms with E-state index in [1.54, 1.807) is 18.2 Å². The number of nitrogens with one attached hydrogen (secondary N) is 1. The van der Waals surface area contributed by atoms with E-state index in [1.807, 2.05) is 11.3 Å². The van der Waals surface area contributed by atoms with Crippen LogP contribution in [0.15, 0.2) is 28.7 Å². The Morgan fingerprint density at radius 3 is 2.90 bits per heavy atom. The molecule has 31 heavy (non-hydrogen) atoms. The van der Waals surface area contributed by atoms with E-state index in [9.17, 15) is 4.79 Å². The van der Waals surface area contributed by atoms with Crippen LogP contribution in [0.4, 0.5) is 5.69 Å². The lowest BCUT2D eigenvalue weighted by molar-refractivity contribution is -0.113. The van der Waals surface area contributed by atoms with Crippen molar-refractivity contribution in [3.63, 3.8) is 0 Å². The highest BCUT2D eigenvalue weighted by Gasteiger charge is 2.25. The maximum atomic E-state index is 12.5. The number of thioether (sulfide) groups is 1. The summed E-state index contributed by atoms with van der Waals surface area (Å²) in [7, 11) is 0. The number of halogens is 2. The fourth-order valence-electron chi connectivity index (χ4n) is 3.80. The standard InChI is InChI=1S/C22H24Cl2N4OS2/c1-12(2)28-21(16-10-30-19-8-13(3)4-6-15(16)19)26-27-22(28)31-11-20(29)25-18-7-5-14(23)9-17(18)24/h5,7,9-10,12-13H,4,6,8,11H2,1-3H3,(H,25,29). The third kappa shape index (κ3) is 4.95. The molecule has 164 valence electrons. The molecule has 0 bridgehead atoms. The molecule has 3 aromatic rings. The molecule has 0 saturated carbocycles. The molecule has 0 saturated heterocycles. The van der Waals surface area contributed by atoms with Gasteiger partial charge in [-0.15, -0.1) is 21.5 Å². The Morgan fingerprint density at radius 2 is 2.16 bits per heavy atom. The first-order chi connectivity index (χ1) is 14.8. The lowest BCUT2D eigenvalue weighted by Crippen LogP contribution is -2.15. The molecule has 2 aromatic heterocycles. The predicted molar refractivity (Wildman–Crippen MR) is 131 cm³/mol. The van der Waals surface area contributed by atoms with E-state index in [0.717, 1.165) is 29.7 Å². The Kier molecular flexibility index (Phi) is 6.96. The van der Waals surface area contributed by atoms with E-state index in [2.05, 4.69) is 46.2 Å². The molecule has 4 rings (SSSR count). The summed E-state index contributed by atoms with van der Waals surface area (Å²) in [5, 5.41) is 15.7. The summed E-state index contributed by atoms with van der Waals surface area (Å²) in [5.41, 5.74) is 3.16. The number of carbonyl (C=O) groups excluding carboxylic acids is 1. The molecule has 0 spiro atoms. The van der Waals surface area contributed by atoms with Crippen LogP contribution in [0.2, 0.25) is 10.0 Å². The minimum Gasteiger partial charge on any atom is -0.324 e. The van der Waals surface area contributed by atoms with Crippen LogP contribution in [0.1, 0.15) is 43.7 Å². The lowest BCUT2D eigenvalue weighted by atomic mass is 9.88. The molecule has 0 fully saturated rings. The second kappa shape index (κ2) is 9.53. The number of thiophene rings is 1. The molecule has 1 aromatic carbocycles. The number of fused-ring (bicyclic) bond motifs is 1. The maximum absolute atomic E-state index is 12.5. The molecule has 1 aliphatic rings. The summed E-state index contributed by atoms with van der Waals surface area (Å²) < 4.78 is 2.13. The summed E-state index contributed by atoms with van der Waals surface area (Å²) in [4.78, 5) is 14.0. The number of carbonyl (C=O) groups is 1. The van der Waals surface area contributed by atoms with Gasteiger partial charge in [0, 0.05) is 26.9 Å². The van der Waals surface area contributed by atoms with E-state index in [4.69, 9.17) is 23.2 Å². The van der Waals surface area contributed by atoms with E-state index in [-0.39, 0.29) is 17.7 Å². The van der Waals surface area contributed by atoms with Gasteiger partial charge in [-0.2, -0.15) is 0 Å². The van der Waals surface area contributed by atoms with Gasteiger partial charge in [0.2, 0.25) is 5.91 Å². The molecule has 1 atom stereocenters. The normalized spacial score (nSPS) is 15.9.